The Kier molecular flexibility index (Phi) is 3.69. The van der Waals surface area contributed by atoms with Gasteiger partial charge in [0.05, 0.1) is 0 Å². The molecule has 1 aromatic heterocycles. The van der Waals surface area contributed by atoms with Crippen LogP contribution in [-0.2, 0) is 5.41 Å². The molecule has 0 unspecified atom stereocenters. The lowest BCUT2D eigenvalue weighted by atomic mass is 9.87. The van der Waals surface area contributed by atoms with Gasteiger partial charge >= 0.3 is 0 Å². The molecule has 0 aliphatic rings. The fraction of sp³-hybridized carbons (Fsp3) is 0.333. The first-order chi connectivity index (χ1) is 8.95. The Morgan fingerprint density at radius 2 is 1.42 bits per heavy atom. The molecule has 0 N–H and O–H groups in total. The summed E-state index contributed by atoms with van der Waals surface area (Å²) < 4.78 is 0. The normalized spacial score (nSPS) is 12.0. The van der Waals surface area contributed by atoms with Crippen LogP contribution in [0.4, 0.5) is 0 Å². The quantitative estimate of drug-likeness (QED) is 0.826. The Morgan fingerprint density at radius 3 is 1.95 bits per heavy atom. The Labute approximate surface area is 113 Å². The third-order valence-electron chi connectivity index (χ3n) is 2.80. The van der Waals surface area contributed by atoms with E-state index >= 15 is 0 Å². The zero-order valence-electron chi connectivity index (χ0n) is 11.8. The molecule has 0 aliphatic heterocycles. The van der Waals surface area contributed by atoms with Crippen LogP contribution < -0.4 is 0 Å². The molecule has 0 spiro atoms. The van der Waals surface area contributed by atoms with Crippen LogP contribution in [0.3, 0.4) is 0 Å². The maximum Gasteiger partial charge on any atom is 0.196 e. The maximum absolute atomic E-state index is 3.94. The molecule has 4 heteroatoms. The van der Waals surface area contributed by atoms with Gasteiger partial charge in [0.15, 0.2) is 11.6 Å². The van der Waals surface area contributed by atoms with Gasteiger partial charge in [-0.3, -0.25) is 0 Å². The van der Waals surface area contributed by atoms with Gasteiger partial charge in [-0.2, -0.15) is 0 Å². The predicted octanol–water partition coefficient (Wildman–Crippen LogP) is 3.04. The van der Waals surface area contributed by atoms with E-state index in [2.05, 4.69) is 65.4 Å². The number of rotatable bonds is 2. The van der Waals surface area contributed by atoms with Crippen molar-refractivity contribution in [1.29, 1.82) is 0 Å². The molecule has 0 bridgehead atoms. The highest BCUT2D eigenvalue weighted by molar-refractivity contribution is 5.66. The molecule has 0 aliphatic carbocycles. The van der Waals surface area contributed by atoms with Crippen molar-refractivity contribution in [3.63, 3.8) is 0 Å². The van der Waals surface area contributed by atoms with Gasteiger partial charge in [-0.05, 0) is 29.5 Å². The lowest BCUT2D eigenvalue weighted by Gasteiger charge is -2.18. The van der Waals surface area contributed by atoms with Crippen LogP contribution in [0.2, 0.25) is 0 Å². The van der Waals surface area contributed by atoms with E-state index in [1.807, 2.05) is 12.2 Å². The highest BCUT2D eigenvalue weighted by atomic mass is 15.3. The van der Waals surface area contributed by atoms with E-state index in [0.717, 1.165) is 5.56 Å². The van der Waals surface area contributed by atoms with Gasteiger partial charge < -0.3 is 0 Å². The molecule has 0 radical (unpaired) electrons. The lowest BCUT2D eigenvalue weighted by molar-refractivity contribution is 0.590. The van der Waals surface area contributed by atoms with Gasteiger partial charge in [0.2, 0.25) is 0 Å². The number of aryl methyl sites for hydroxylation is 1. The topological polar surface area (TPSA) is 51.6 Å². The van der Waals surface area contributed by atoms with E-state index < -0.39 is 0 Å². The molecule has 0 saturated heterocycles. The van der Waals surface area contributed by atoms with Gasteiger partial charge in [-0.25, -0.2) is 0 Å². The van der Waals surface area contributed by atoms with Gasteiger partial charge in [0.1, 0.15) is 0 Å². The number of benzene rings is 1. The second kappa shape index (κ2) is 5.26. The van der Waals surface area contributed by atoms with Gasteiger partial charge in [0, 0.05) is 0 Å². The van der Waals surface area contributed by atoms with Crippen LogP contribution >= 0.6 is 0 Å². The molecule has 0 atom stereocenters. The predicted molar refractivity (Wildman–Crippen MR) is 76.4 cm³/mol. The van der Waals surface area contributed by atoms with E-state index in [1.165, 1.54) is 5.56 Å². The smallest absolute Gasteiger partial charge is 0.131 e. The summed E-state index contributed by atoms with van der Waals surface area (Å²) in [6.45, 7) is 8.37. The van der Waals surface area contributed by atoms with Gasteiger partial charge in [0.25, 0.3) is 0 Å². The second-order valence-electron chi connectivity index (χ2n) is 5.51. The lowest BCUT2D eigenvalue weighted by Crippen LogP contribution is -2.10. The fourth-order valence-corrected chi connectivity index (χ4v) is 1.62. The van der Waals surface area contributed by atoms with Crippen LogP contribution in [0.25, 0.3) is 12.2 Å². The molecule has 19 heavy (non-hydrogen) atoms. The average Bonchev–Trinajstić information content (AvgIpc) is 2.37. The van der Waals surface area contributed by atoms with Crippen molar-refractivity contribution in [2.24, 2.45) is 0 Å². The third kappa shape index (κ3) is 3.68. The summed E-state index contributed by atoms with van der Waals surface area (Å²) in [6.07, 6.45) is 3.77. The first-order valence-electron chi connectivity index (χ1n) is 6.28. The van der Waals surface area contributed by atoms with E-state index in [1.54, 1.807) is 6.92 Å². The van der Waals surface area contributed by atoms with Crippen LogP contribution in [0.5, 0.6) is 0 Å². The minimum absolute atomic E-state index is 0.177. The SMILES string of the molecule is Cc1nnc(/C=C/c2ccc(C(C)(C)C)cc2)nn1. The number of nitrogens with zero attached hydrogens (tertiary/aromatic N) is 4. The van der Waals surface area contributed by atoms with Crippen LogP contribution in [0.15, 0.2) is 24.3 Å². The highest BCUT2D eigenvalue weighted by Crippen LogP contribution is 2.22. The van der Waals surface area contributed by atoms with E-state index in [4.69, 9.17) is 0 Å². The number of hydrogen-bond donors (Lipinski definition) is 0. The van der Waals surface area contributed by atoms with Crippen molar-refractivity contribution in [2.75, 3.05) is 0 Å². The molecule has 0 amide bonds. The van der Waals surface area contributed by atoms with Gasteiger partial charge in [-0.15, -0.1) is 20.4 Å². The summed E-state index contributed by atoms with van der Waals surface area (Å²) in [7, 11) is 0. The van der Waals surface area contributed by atoms with Crippen molar-refractivity contribution in [3.8, 4) is 0 Å². The third-order valence-corrected chi connectivity index (χ3v) is 2.80. The molecule has 98 valence electrons. The highest BCUT2D eigenvalue weighted by Gasteiger charge is 2.12. The molecule has 0 saturated carbocycles. The molecule has 1 heterocycles. The minimum Gasteiger partial charge on any atom is -0.131 e. The molecule has 2 aromatic rings. The maximum atomic E-state index is 3.94. The molecule has 2 rings (SSSR count). The fourth-order valence-electron chi connectivity index (χ4n) is 1.62. The van der Waals surface area contributed by atoms with Crippen molar-refractivity contribution in [3.05, 3.63) is 47.0 Å². The molecule has 4 nitrogen and oxygen atoms in total. The summed E-state index contributed by atoms with van der Waals surface area (Å²) in [6, 6.07) is 8.47. The standard InChI is InChI=1S/C15H18N4/c1-11-16-18-14(19-17-11)10-7-12-5-8-13(9-6-12)15(2,3)4/h5-10H,1-4H3/b10-7+. The Balaban J connectivity index is 2.13. The Bertz CT molecular complexity index is 563. The number of aromatic nitrogens is 4. The van der Waals surface area contributed by atoms with Crippen molar-refractivity contribution >= 4 is 12.2 Å². The van der Waals surface area contributed by atoms with Crippen molar-refractivity contribution in [2.45, 2.75) is 33.1 Å². The van der Waals surface area contributed by atoms with Crippen LogP contribution in [0.1, 0.15) is 43.5 Å². The molecular weight excluding hydrogens is 236 g/mol. The summed E-state index contributed by atoms with van der Waals surface area (Å²) in [5, 5.41) is 15.6. The largest absolute Gasteiger partial charge is 0.196 e. The summed E-state index contributed by atoms with van der Waals surface area (Å²) in [5.41, 5.74) is 2.60. The second-order valence-corrected chi connectivity index (χ2v) is 5.51. The van der Waals surface area contributed by atoms with Crippen LogP contribution in [0, 0.1) is 6.92 Å². The van der Waals surface area contributed by atoms with E-state index in [9.17, 15) is 0 Å². The zero-order chi connectivity index (χ0) is 13.9. The minimum atomic E-state index is 0.177. The van der Waals surface area contributed by atoms with Crippen molar-refractivity contribution < 1.29 is 0 Å². The van der Waals surface area contributed by atoms with Crippen molar-refractivity contribution in [1.82, 2.24) is 20.4 Å². The average molecular weight is 254 g/mol. The monoisotopic (exact) mass is 254 g/mol. The summed E-state index contributed by atoms with van der Waals surface area (Å²) in [5.74, 6) is 1.09. The van der Waals surface area contributed by atoms with E-state index in [0.29, 0.717) is 11.6 Å². The first kappa shape index (κ1) is 13.3. The Hall–Kier alpha value is -2.10. The van der Waals surface area contributed by atoms with Crippen LogP contribution in [-0.4, -0.2) is 20.4 Å². The van der Waals surface area contributed by atoms with E-state index in [-0.39, 0.29) is 5.41 Å². The molecule has 0 fully saturated rings. The summed E-state index contributed by atoms with van der Waals surface area (Å²) in [4.78, 5) is 0. The molecular formula is C15H18N4. The first-order valence-corrected chi connectivity index (χ1v) is 6.28. The summed E-state index contributed by atoms with van der Waals surface area (Å²) >= 11 is 0. The number of hydrogen-bond acceptors (Lipinski definition) is 4. The molecule has 1 aromatic carbocycles. The Morgan fingerprint density at radius 1 is 0.842 bits per heavy atom. The van der Waals surface area contributed by atoms with Gasteiger partial charge in [-0.1, -0.05) is 51.1 Å². The zero-order valence-corrected chi connectivity index (χ0v) is 11.8.